The summed E-state index contributed by atoms with van der Waals surface area (Å²) in [6.07, 6.45) is -3.26. The van der Waals surface area contributed by atoms with E-state index in [1.807, 2.05) is 36.4 Å². The normalized spacial score (nSPS) is 33.4. The highest BCUT2D eigenvalue weighted by Gasteiger charge is 2.42. The monoisotopic (exact) mass is 631 g/mol. The Hall–Kier alpha value is -2.82. The first kappa shape index (κ1) is 32.6. The molecule has 0 amide bonds. The quantitative estimate of drug-likeness (QED) is 0.278. The van der Waals surface area contributed by atoms with Gasteiger partial charge in [0.2, 0.25) is 0 Å². The van der Waals surface area contributed by atoms with E-state index in [1.54, 1.807) is 19.1 Å². The number of ether oxygens (including phenoxy) is 2. The maximum atomic E-state index is 13.8. The van der Waals surface area contributed by atoms with Crippen LogP contribution in [0.1, 0.15) is 61.8 Å². The molecule has 10 nitrogen and oxygen atoms in total. The average molecular weight is 632 g/mol. The first-order valence-corrected chi connectivity index (χ1v) is 15.4. The van der Waals surface area contributed by atoms with Gasteiger partial charge in [0.15, 0.2) is 0 Å². The van der Waals surface area contributed by atoms with Gasteiger partial charge >= 0.3 is 5.97 Å². The molecule has 2 aromatic carbocycles. The molecule has 44 heavy (non-hydrogen) atoms. The third-order valence-corrected chi connectivity index (χ3v) is 9.40. The molecule has 238 valence electrons. The van der Waals surface area contributed by atoms with Crippen LogP contribution >= 0.6 is 11.6 Å². The fourth-order valence-corrected chi connectivity index (χ4v) is 6.65. The second-order valence-electron chi connectivity index (χ2n) is 12.1. The van der Waals surface area contributed by atoms with E-state index in [9.17, 15) is 34.9 Å². The molecular weight excluding hydrogens is 593 g/mol. The van der Waals surface area contributed by atoms with Crippen LogP contribution in [0.2, 0.25) is 5.02 Å². The van der Waals surface area contributed by atoms with Gasteiger partial charge in [-0.3, -0.25) is 4.79 Å². The summed E-state index contributed by atoms with van der Waals surface area (Å²) in [5.74, 6) is -0.471. The fourth-order valence-electron chi connectivity index (χ4n) is 6.46. The van der Waals surface area contributed by atoms with E-state index in [0.29, 0.717) is 48.4 Å². The molecule has 2 heterocycles. The number of carboxylic acid groups (broad SMARTS) is 1. The highest BCUT2D eigenvalue weighted by atomic mass is 35.5. The number of nitrogens with zero attached hydrogens (tertiary/aromatic N) is 2. The Morgan fingerprint density at radius 2 is 1.84 bits per heavy atom. The minimum Gasteiger partial charge on any atom is -0.490 e. The second kappa shape index (κ2) is 14.1. The zero-order valence-corrected chi connectivity index (χ0v) is 25.2. The van der Waals surface area contributed by atoms with Gasteiger partial charge in [-0.05, 0) is 79.8 Å². The number of aliphatic hydroxyl groups excluding tert-OH is 3. The average Bonchev–Trinajstić information content (AvgIpc) is 3.38. The lowest BCUT2D eigenvalue weighted by atomic mass is 9.82. The molecule has 1 unspecified atom stereocenters. The van der Waals surface area contributed by atoms with Gasteiger partial charge in [0.1, 0.15) is 48.4 Å². The van der Waals surface area contributed by atoms with Crippen molar-refractivity contribution in [2.45, 2.75) is 100 Å². The van der Waals surface area contributed by atoms with Crippen LogP contribution in [0.5, 0.6) is 5.75 Å². The Balaban J connectivity index is 1.15. The number of nitrogens with one attached hydrogen (secondary N) is 1. The van der Waals surface area contributed by atoms with E-state index in [1.165, 1.54) is 5.01 Å². The van der Waals surface area contributed by atoms with Crippen LogP contribution in [0.25, 0.3) is 0 Å². The lowest BCUT2D eigenvalue weighted by molar-refractivity contribution is -0.219. The standard InChI is InChI=1S/C32H39ClFN3O7/c1-17-28(38)29(39)30(40)31(43-17)20-6-11-26(33)21(13-20)12-18-2-7-24(8-3-18)44-25-9-4-19(5-10-25)27(32(41)42)36-37-16-22(34)14-23(37)15-35/h2-3,6-8,11,13,17,19,22-23,25,27-31,36,38-40H,4-5,9-10,12,14,16H2,1H3,(H,41,42)/t17-,19?,22+,23?,25?,27+,28-,29+,30-,31+/m1/s1. The van der Waals surface area contributed by atoms with Gasteiger partial charge in [0.25, 0.3) is 0 Å². The predicted molar refractivity (Wildman–Crippen MR) is 159 cm³/mol. The lowest BCUT2D eigenvalue weighted by Crippen LogP contribution is -2.54. The summed E-state index contributed by atoms with van der Waals surface area (Å²) in [6.45, 7) is 1.65. The predicted octanol–water partition coefficient (Wildman–Crippen LogP) is 3.30. The Kier molecular flexibility index (Phi) is 10.4. The highest BCUT2D eigenvalue weighted by Crippen LogP contribution is 2.35. The van der Waals surface area contributed by atoms with E-state index in [0.717, 1.165) is 11.1 Å². The maximum absolute atomic E-state index is 13.8. The van der Waals surface area contributed by atoms with Crippen molar-refractivity contribution < 1.29 is 39.1 Å². The van der Waals surface area contributed by atoms with Crippen molar-refractivity contribution >= 4 is 17.6 Å². The van der Waals surface area contributed by atoms with Crippen LogP contribution in [-0.4, -0.2) is 86.7 Å². The van der Waals surface area contributed by atoms with Crippen molar-refractivity contribution in [1.29, 1.82) is 5.26 Å². The van der Waals surface area contributed by atoms with Gasteiger partial charge in [-0.25, -0.2) is 14.8 Å². The fraction of sp³-hybridized carbons (Fsp3) is 0.562. The first-order valence-electron chi connectivity index (χ1n) is 15.1. The molecule has 3 fully saturated rings. The second-order valence-corrected chi connectivity index (χ2v) is 12.5. The number of carboxylic acids is 1. The minimum atomic E-state index is -1.32. The molecule has 3 aliphatic rings. The van der Waals surface area contributed by atoms with Crippen molar-refractivity contribution in [3.8, 4) is 11.8 Å². The summed E-state index contributed by atoms with van der Waals surface area (Å²) in [6, 6.07) is 13.4. The molecule has 5 rings (SSSR count). The van der Waals surface area contributed by atoms with E-state index in [-0.39, 0.29) is 25.0 Å². The minimum absolute atomic E-state index is 0.000574. The Labute approximate surface area is 260 Å². The van der Waals surface area contributed by atoms with E-state index >= 15 is 0 Å². The zero-order valence-electron chi connectivity index (χ0n) is 24.4. The molecule has 2 saturated heterocycles. The van der Waals surface area contributed by atoms with E-state index in [2.05, 4.69) is 5.43 Å². The summed E-state index contributed by atoms with van der Waals surface area (Å²) in [5.41, 5.74) is 5.38. The van der Waals surface area contributed by atoms with Crippen LogP contribution in [0.4, 0.5) is 4.39 Å². The summed E-state index contributed by atoms with van der Waals surface area (Å²) in [4.78, 5) is 12.0. The molecular formula is C32H39ClFN3O7. The van der Waals surface area contributed by atoms with Crippen molar-refractivity contribution in [3.05, 3.63) is 64.2 Å². The summed E-state index contributed by atoms with van der Waals surface area (Å²) in [5, 5.41) is 51.9. The SMILES string of the molecule is C[C@H]1O[C@@H](c2ccc(Cl)c(Cc3ccc(OC4CCC([C@H](NN5C[C@@H](F)CC5C#N)C(=O)O)CC4)cc3)c2)[C@H](O)[C@@H](O)[C@@H]1O. The molecule has 5 N–H and O–H groups in total. The molecule has 8 atom stereocenters. The molecule has 0 spiro atoms. The summed E-state index contributed by atoms with van der Waals surface area (Å²) >= 11 is 6.49. The van der Waals surface area contributed by atoms with Crippen LogP contribution in [0.3, 0.4) is 0 Å². The van der Waals surface area contributed by atoms with Gasteiger partial charge in [-0.15, -0.1) is 0 Å². The number of hydrogen-bond donors (Lipinski definition) is 5. The number of hydrogen-bond acceptors (Lipinski definition) is 9. The van der Waals surface area contributed by atoms with Gasteiger partial charge in [0.05, 0.1) is 18.3 Å². The van der Waals surface area contributed by atoms with Crippen molar-refractivity contribution in [2.75, 3.05) is 6.54 Å². The molecule has 2 aliphatic heterocycles. The van der Waals surface area contributed by atoms with Crippen LogP contribution in [0, 0.1) is 17.2 Å². The third kappa shape index (κ3) is 7.35. The Morgan fingerprint density at radius 3 is 2.50 bits per heavy atom. The van der Waals surface area contributed by atoms with Crippen molar-refractivity contribution in [1.82, 2.24) is 10.4 Å². The molecule has 1 saturated carbocycles. The summed E-state index contributed by atoms with van der Waals surface area (Å²) in [7, 11) is 0. The van der Waals surface area contributed by atoms with Gasteiger partial charge < -0.3 is 29.9 Å². The van der Waals surface area contributed by atoms with Crippen LogP contribution in [0.15, 0.2) is 42.5 Å². The third-order valence-electron chi connectivity index (χ3n) is 9.03. The number of halogens is 2. The highest BCUT2D eigenvalue weighted by molar-refractivity contribution is 6.31. The van der Waals surface area contributed by atoms with Crippen molar-refractivity contribution in [3.63, 3.8) is 0 Å². The van der Waals surface area contributed by atoms with Crippen LogP contribution < -0.4 is 10.2 Å². The summed E-state index contributed by atoms with van der Waals surface area (Å²) < 4.78 is 25.8. The number of rotatable bonds is 9. The van der Waals surface area contributed by atoms with E-state index in [4.69, 9.17) is 21.1 Å². The Bertz CT molecular complexity index is 1340. The largest absolute Gasteiger partial charge is 0.490 e. The number of nitriles is 1. The van der Waals surface area contributed by atoms with Crippen LogP contribution in [-0.2, 0) is 16.0 Å². The molecule has 12 heteroatoms. The molecule has 1 aliphatic carbocycles. The number of carbonyl (C=O) groups is 1. The topological polar surface area (TPSA) is 156 Å². The van der Waals surface area contributed by atoms with Crippen molar-refractivity contribution in [2.24, 2.45) is 5.92 Å². The first-order chi connectivity index (χ1) is 21.0. The van der Waals surface area contributed by atoms with E-state index < -0.39 is 54.7 Å². The molecule has 0 radical (unpaired) electrons. The number of benzene rings is 2. The zero-order chi connectivity index (χ0) is 31.5. The molecule has 0 aromatic heterocycles. The van der Waals surface area contributed by atoms with Gasteiger partial charge in [-0.2, -0.15) is 5.26 Å². The number of aliphatic carboxylic acids is 1. The smallest absolute Gasteiger partial charge is 0.322 e. The molecule has 0 bridgehead atoms. The number of hydrazine groups is 1. The number of alkyl halides is 1. The number of aliphatic hydroxyl groups is 3. The Morgan fingerprint density at radius 1 is 1.14 bits per heavy atom. The molecule has 2 aromatic rings. The maximum Gasteiger partial charge on any atom is 0.322 e. The van der Waals surface area contributed by atoms with Gasteiger partial charge in [0, 0.05) is 18.0 Å². The van der Waals surface area contributed by atoms with Gasteiger partial charge in [-0.1, -0.05) is 35.9 Å². The lowest BCUT2D eigenvalue weighted by Gasteiger charge is -2.39.